The Morgan fingerprint density at radius 3 is 2.37 bits per heavy atom. The van der Waals surface area contributed by atoms with Gasteiger partial charge in [0.1, 0.15) is 5.75 Å². The van der Waals surface area contributed by atoms with E-state index in [9.17, 15) is 14.4 Å². The van der Waals surface area contributed by atoms with Crippen LogP contribution in [0.3, 0.4) is 0 Å². The standard InChI is InChI=1S/C20H23N3O4/c1-13(22-19(25)14-7-5-4-6-8-14)11-18(24)23-17-10-9-15(27-3)12-16(17)20(26)21-2/h4-10,12-13H,11H2,1-3H3,(H,21,26)(H,22,25)(H,23,24)/t13-/m0/s1. The normalized spacial score (nSPS) is 11.2. The molecule has 0 radical (unpaired) electrons. The van der Waals surface area contributed by atoms with Gasteiger partial charge in [0.15, 0.2) is 0 Å². The summed E-state index contributed by atoms with van der Waals surface area (Å²) < 4.78 is 5.12. The summed E-state index contributed by atoms with van der Waals surface area (Å²) in [6.07, 6.45) is 0.0672. The summed E-state index contributed by atoms with van der Waals surface area (Å²) in [6, 6.07) is 13.2. The number of methoxy groups -OCH3 is 1. The lowest BCUT2D eigenvalue weighted by Gasteiger charge is -2.15. The van der Waals surface area contributed by atoms with Crippen LogP contribution in [0.1, 0.15) is 34.1 Å². The van der Waals surface area contributed by atoms with Crippen LogP contribution in [0.2, 0.25) is 0 Å². The highest BCUT2D eigenvalue weighted by Crippen LogP contribution is 2.22. The maximum absolute atomic E-state index is 12.3. The van der Waals surface area contributed by atoms with Crippen molar-refractivity contribution in [1.82, 2.24) is 10.6 Å². The largest absolute Gasteiger partial charge is 0.497 e. The third kappa shape index (κ3) is 5.57. The third-order valence-electron chi connectivity index (χ3n) is 3.88. The number of ether oxygens (including phenoxy) is 1. The van der Waals surface area contributed by atoms with Crippen molar-refractivity contribution in [3.8, 4) is 5.75 Å². The van der Waals surface area contributed by atoms with Crippen LogP contribution in [-0.4, -0.2) is 37.9 Å². The van der Waals surface area contributed by atoms with E-state index in [4.69, 9.17) is 4.74 Å². The SMILES string of the molecule is CNC(=O)c1cc(OC)ccc1NC(=O)C[C@H](C)NC(=O)c1ccccc1. The molecule has 0 saturated heterocycles. The molecule has 0 spiro atoms. The fourth-order valence-corrected chi connectivity index (χ4v) is 2.51. The van der Waals surface area contributed by atoms with E-state index < -0.39 is 0 Å². The minimum absolute atomic E-state index is 0.0672. The number of rotatable bonds is 7. The first-order chi connectivity index (χ1) is 12.9. The van der Waals surface area contributed by atoms with Gasteiger partial charge in [-0.1, -0.05) is 18.2 Å². The molecule has 3 amide bonds. The zero-order valence-corrected chi connectivity index (χ0v) is 15.5. The molecule has 7 heteroatoms. The number of nitrogens with one attached hydrogen (secondary N) is 3. The molecule has 0 aliphatic rings. The zero-order chi connectivity index (χ0) is 19.8. The Bertz CT molecular complexity index is 821. The van der Waals surface area contributed by atoms with Crippen LogP contribution in [0.5, 0.6) is 5.75 Å². The van der Waals surface area contributed by atoms with Crippen molar-refractivity contribution >= 4 is 23.4 Å². The molecule has 0 aliphatic heterocycles. The second-order valence-electron chi connectivity index (χ2n) is 5.98. The molecule has 0 bridgehead atoms. The van der Waals surface area contributed by atoms with E-state index >= 15 is 0 Å². The van der Waals surface area contributed by atoms with E-state index in [1.165, 1.54) is 14.2 Å². The Morgan fingerprint density at radius 2 is 1.74 bits per heavy atom. The first-order valence-corrected chi connectivity index (χ1v) is 8.50. The Balaban J connectivity index is 2.00. The molecule has 7 nitrogen and oxygen atoms in total. The van der Waals surface area contributed by atoms with Crippen LogP contribution in [0.15, 0.2) is 48.5 Å². The van der Waals surface area contributed by atoms with Crippen LogP contribution in [-0.2, 0) is 4.79 Å². The zero-order valence-electron chi connectivity index (χ0n) is 15.5. The number of hydrogen-bond donors (Lipinski definition) is 3. The minimum atomic E-state index is -0.376. The van der Waals surface area contributed by atoms with Crippen molar-refractivity contribution in [2.24, 2.45) is 0 Å². The lowest BCUT2D eigenvalue weighted by molar-refractivity contribution is -0.116. The van der Waals surface area contributed by atoms with Gasteiger partial charge in [-0.3, -0.25) is 14.4 Å². The van der Waals surface area contributed by atoms with Gasteiger partial charge in [0.05, 0.1) is 18.4 Å². The number of carbonyl (C=O) groups excluding carboxylic acids is 3. The van der Waals surface area contributed by atoms with Crippen molar-refractivity contribution in [3.05, 3.63) is 59.7 Å². The molecule has 3 N–H and O–H groups in total. The summed E-state index contributed by atoms with van der Waals surface area (Å²) in [7, 11) is 3.01. The average Bonchev–Trinajstić information content (AvgIpc) is 2.68. The maximum Gasteiger partial charge on any atom is 0.253 e. The minimum Gasteiger partial charge on any atom is -0.497 e. The van der Waals surface area contributed by atoms with Crippen molar-refractivity contribution in [1.29, 1.82) is 0 Å². The average molecular weight is 369 g/mol. The van der Waals surface area contributed by atoms with E-state index in [1.807, 2.05) is 6.07 Å². The van der Waals surface area contributed by atoms with Gasteiger partial charge in [-0.05, 0) is 37.3 Å². The number of carbonyl (C=O) groups is 3. The maximum atomic E-state index is 12.3. The molecule has 0 fully saturated rings. The fourth-order valence-electron chi connectivity index (χ4n) is 2.51. The number of hydrogen-bond acceptors (Lipinski definition) is 4. The molecule has 142 valence electrons. The van der Waals surface area contributed by atoms with Crippen molar-refractivity contribution in [2.45, 2.75) is 19.4 Å². The lowest BCUT2D eigenvalue weighted by Crippen LogP contribution is -2.35. The summed E-state index contributed by atoms with van der Waals surface area (Å²) in [5.74, 6) is -0.387. The predicted octanol–water partition coefficient (Wildman–Crippen LogP) is 2.20. The van der Waals surface area contributed by atoms with E-state index in [0.29, 0.717) is 22.6 Å². The van der Waals surface area contributed by atoms with Gasteiger partial charge >= 0.3 is 0 Å². The van der Waals surface area contributed by atoms with Gasteiger partial charge < -0.3 is 20.7 Å². The molecule has 2 aromatic rings. The van der Waals surface area contributed by atoms with Crippen LogP contribution in [0, 0.1) is 0 Å². The van der Waals surface area contributed by atoms with Crippen LogP contribution in [0.4, 0.5) is 5.69 Å². The molecule has 0 aromatic heterocycles. The Morgan fingerprint density at radius 1 is 1.04 bits per heavy atom. The highest BCUT2D eigenvalue weighted by atomic mass is 16.5. The summed E-state index contributed by atoms with van der Waals surface area (Å²) in [5, 5.41) is 8.02. The molecule has 0 heterocycles. The van der Waals surface area contributed by atoms with Crippen molar-refractivity contribution in [2.75, 3.05) is 19.5 Å². The van der Waals surface area contributed by atoms with E-state index in [-0.39, 0.29) is 30.2 Å². The van der Waals surface area contributed by atoms with E-state index in [1.54, 1.807) is 49.4 Å². The summed E-state index contributed by atoms with van der Waals surface area (Å²) in [4.78, 5) is 36.5. The molecule has 0 unspecified atom stereocenters. The van der Waals surface area contributed by atoms with Gasteiger partial charge in [0.25, 0.3) is 11.8 Å². The van der Waals surface area contributed by atoms with Gasteiger partial charge in [0.2, 0.25) is 5.91 Å². The third-order valence-corrected chi connectivity index (χ3v) is 3.88. The second-order valence-corrected chi connectivity index (χ2v) is 5.98. The Labute approximate surface area is 158 Å². The highest BCUT2D eigenvalue weighted by molar-refractivity contribution is 6.04. The molecule has 27 heavy (non-hydrogen) atoms. The van der Waals surface area contributed by atoms with Crippen LogP contribution < -0.4 is 20.7 Å². The second kappa shape index (κ2) is 9.38. The first kappa shape index (κ1) is 20.0. The van der Waals surface area contributed by atoms with Gasteiger partial charge in [-0.15, -0.1) is 0 Å². The number of benzene rings is 2. The summed E-state index contributed by atoms with van der Waals surface area (Å²) in [6.45, 7) is 1.74. The topological polar surface area (TPSA) is 96.5 Å². The molecule has 0 aliphatic carbocycles. The Kier molecular flexibility index (Phi) is 6.93. The lowest BCUT2D eigenvalue weighted by atomic mass is 10.1. The van der Waals surface area contributed by atoms with Crippen LogP contribution >= 0.6 is 0 Å². The Hall–Kier alpha value is -3.35. The van der Waals surface area contributed by atoms with Gasteiger partial charge in [-0.2, -0.15) is 0 Å². The summed E-state index contributed by atoms with van der Waals surface area (Å²) >= 11 is 0. The van der Waals surface area contributed by atoms with Gasteiger partial charge in [0, 0.05) is 25.1 Å². The van der Waals surface area contributed by atoms with Crippen molar-refractivity contribution < 1.29 is 19.1 Å². The smallest absolute Gasteiger partial charge is 0.253 e. The fraction of sp³-hybridized carbons (Fsp3) is 0.250. The highest BCUT2D eigenvalue weighted by Gasteiger charge is 2.17. The molecule has 2 aromatic carbocycles. The van der Waals surface area contributed by atoms with E-state index in [0.717, 1.165) is 0 Å². The van der Waals surface area contributed by atoms with E-state index in [2.05, 4.69) is 16.0 Å². The monoisotopic (exact) mass is 369 g/mol. The summed E-state index contributed by atoms with van der Waals surface area (Å²) in [5.41, 5.74) is 1.20. The number of anilines is 1. The van der Waals surface area contributed by atoms with Gasteiger partial charge in [-0.25, -0.2) is 0 Å². The number of amides is 3. The first-order valence-electron chi connectivity index (χ1n) is 8.50. The molecule has 0 saturated carbocycles. The predicted molar refractivity (Wildman–Crippen MR) is 103 cm³/mol. The van der Waals surface area contributed by atoms with Crippen molar-refractivity contribution in [3.63, 3.8) is 0 Å². The molecule has 2 rings (SSSR count). The molecule has 1 atom stereocenters. The molecular weight excluding hydrogens is 346 g/mol. The van der Waals surface area contributed by atoms with Crippen LogP contribution in [0.25, 0.3) is 0 Å². The molecular formula is C20H23N3O4. The quantitative estimate of drug-likeness (QED) is 0.697.